The first-order chi connectivity index (χ1) is 16.4. The van der Waals surface area contributed by atoms with Crippen LogP contribution in [0.3, 0.4) is 0 Å². The second-order valence-corrected chi connectivity index (χ2v) is 8.40. The Morgan fingerprint density at radius 1 is 1.03 bits per heavy atom. The largest absolute Gasteiger partial charge is 0.423 e. The maximum atomic E-state index is 12.6. The second-order valence-electron chi connectivity index (χ2n) is 7.56. The zero-order chi connectivity index (χ0) is 24.1. The molecule has 1 aliphatic heterocycles. The van der Waals surface area contributed by atoms with E-state index in [1.165, 1.54) is 18.3 Å². The number of benzene rings is 3. The Kier molecular flexibility index (Phi) is 7.25. The van der Waals surface area contributed by atoms with Crippen molar-refractivity contribution in [3.63, 3.8) is 0 Å². The zero-order valence-corrected chi connectivity index (χ0v) is 19.2. The summed E-state index contributed by atoms with van der Waals surface area (Å²) in [7, 11) is 0. The van der Waals surface area contributed by atoms with E-state index >= 15 is 0 Å². The van der Waals surface area contributed by atoms with Crippen LogP contribution in [0, 0.1) is 5.92 Å². The number of hydrazone groups is 1. The molecule has 1 fully saturated rings. The number of hydrogen-bond donors (Lipinski definition) is 2. The fourth-order valence-corrected chi connectivity index (χ4v) is 4.10. The number of amides is 2. The first-order valence-corrected chi connectivity index (χ1v) is 11.1. The number of carbonyl (C=O) groups excluding carboxylic acids is 3. The Bertz CT molecular complexity index is 1250. The van der Waals surface area contributed by atoms with Gasteiger partial charge in [-0.15, -0.1) is 0 Å². The standard InChI is InChI=1S/C25H19Cl2N3O4/c26-17-8-11-19(21(27)12-17)25(33)34-18-9-6-15(7-10-18)13-29-30-24(32)22-20(14-28-23(22)31)16-4-2-1-3-5-16/h1-13,20,22H,14H2,(H,28,31)(H,30,32)/t20-,22-/m0/s1. The first-order valence-electron chi connectivity index (χ1n) is 10.4. The molecule has 0 bridgehead atoms. The van der Waals surface area contributed by atoms with Crippen LogP contribution in [0.15, 0.2) is 77.9 Å². The molecule has 0 saturated carbocycles. The highest BCUT2D eigenvalue weighted by molar-refractivity contribution is 6.36. The number of ether oxygens (including phenoxy) is 1. The average molecular weight is 496 g/mol. The van der Waals surface area contributed by atoms with Crippen molar-refractivity contribution in [3.8, 4) is 5.75 Å². The fourth-order valence-electron chi connectivity index (χ4n) is 3.61. The van der Waals surface area contributed by atoms with E-state index in [-0.39, 0.29) is 22.4 Å². The Labute approximate surface area is 205 Å². The summed E-state index contributed by atoms with van der Waals surface area (Å²) >= 11 is 11.9. The molecule has 0 aliphatic carbocycles. The number of rotatable bonds is 6. The molecular weight excluding hydrogens is 477 g/mol. The summed E-state index contributed by atoms with van der Waals surface area (Å²) in [5.74, 6) is -2.23. The van der Waals surface area contributed by atoms with Crippen molar-refractivity contribution in [1.82, 2.24) is 10.7 Å². The van der Waals surface area contributed by atoms with Crippen molar-refractivity contribution >= 4 is 47.2 Å². The number of carbonyl (C=O) groups is 3. The lowest BCUT2D eigenvalue weighted by Gasteiger charge is -2.15. The molecule has 0 aromatic heterocycles. The Morgan fingerprint density at radius 3 is 2.47 bits per heavy atom. The van der Waals surface area contributed by atoms with Crippen LogP contribution >= 0.6 is 23.2 Å². The van der Waals surface area contributed by atoms with Crippen LogP contribution in [-0.2, 0) is 9.59 Å². The smallest absolute Gasteiger partial charge is 0.345 e. The number of hydrogen-bond acceptors (Lipinski definition) is 5. The molecule has 3 aromatic carbocycles. The van der Waals surface area contributed by atoms with Gasteiger partial charge in [0.05, 0.1) is 16.8 Å². The van der Waals surface area contributed by atoms with Crippen LogP contribution in [0.4, 0.5) is 0 Å². The summed E-state index contributed by atoms with van der Waals surface area (Å²) < 4.78 is 5.33. The molecule has 0 spiro atoms. The quantitative estimate of drug-likeness (QED) is 0.176. The lowest BCUT2D eigenvalue weighted by atomic mass is 9.88. The summed E-state index contributed by atoms with van der Waals surface area (Å²) in [5, 5.41) is 7.32. The lowest BCUT2D eigenvalue weighted by molar-refractivity contribution is -0.133. The molecule has 2 atom stereocenters. The fraction of sp³-hybridized carbons (Fsp3) is 0.120. The third kappa shape index (κ3) is 5.44. The van der Waals surface area contributed by atoms with E-state index < -0.39 is 17.8 Å². The van der Waals surface area contributed by atoms with E-state index in [9.17, 15) is 14.4 Å². The van der Waals surface area contributed by atoms with Gasteiger partial charge in [-0.1, -0.05) is 53.5 Å². The zero-order valence-electron chi connectivity index (χ0n) is 17.7. The van der Waals surface area contributed by atoms with Crippen molar-refractivity contribution in [2.45, 2.75) is 5.92 Å². The number of halogens is 2. The van der Waals surface area contributed by atoms with Crippen molar-refractivity contribution in [2.75, 3.05) is 6.54 Å². The van der Waals surface area contributed by atoms with Gasteiger partial charge in [-0.25, -0.2) is 10.2 Å². The van der Waals surface area contributed by atoms with E-state index in [4.69, 9.17) is 27.9 Å². The van der Waals surface area contributed by atoms with Gasteiger partial charge in [0.2, 0.25) is 5.91 Å². The summed E-state index contributed by atoms with van der Waals surface area (Å²) in [6, 6.07) is 20.4. The summed E-state index contributed by atoms with van der Waals surface area (Å²) in [6.07, 6.45) is 1.43. The maximum Gasteiger partial charge on any atom is 0.345 e. The summed E-state index contributed by atoms with van der Waals surface area (Å²) in [6.45, 7) is 0.395. The predicted octanol–water partition coefficient (Wildman–Crippen LogP) is 4.19. The molecule has 172 valence electrons. The van der Waals surface area contributed by atoms with Gasteiger partial charge in [0.15, 0.2) is 0 Å². The van der Waals surface area contributed by atoms with Gasteiger partial charge in [0.1, 0.15) is 11.7 Å². The molecule has 4 rings (SSSR count). The van der Waals surface area contributed by atoms with Crippen LogP contribution in [0.1, 0.15) is 27.4 Å². The normalized spacial score (nSPS) is 17.4. The molecule has 1 saturated heterocycles. The second kappa shape index (κ2) is 10.5. The Morgan fingerprint density at radius 2 is 1.76 bits per heavy atom. The summed E-state index contributed by atoms with van der Waals surface area (Å²) in [4.78, 5) is 37.1. The molecule has 2 amide bonds. The van der Waals surface area contributed by atoms with E-state index in [0.717, 1.165) is 5.56 Å². The number of esters is 1. The van der Waals surface area contributed by atoms with Gasteiger partial charge in [-0.05, 0) is 53.6 Å². The lowest BCUT2D eigenvalue weighted by Crippen LogP contribution is -2.34. The van der Waals surface area contributed by atoms with Gasteiger partial charge in [-0.3, -0.25) is 9.59 Å². The van der Waals surface area contributed by atoms with Gasteiger partial charge < -0.3 is 10.1 Å². The number of nitrogens with zero attached hydrogens (tertiary/aromatic N) is 1. The van der Waals surface area contributed by atoms with Gasteiger partial charge >= 0.3 is 5.97 Å². The molecule has 1 heterocycles. The Hall–Kier alpha value is -3.68. The van der Waals surface area contributed by atoms with Crippen LogP contribution in [0.2, 0.25) is 10.0 Å². The minimum absolute atomic E-state index is 0.197. The monoisotopic (exact) mass is 495 g/mol. The third-order valence-corrected chi connectivity index (χ3v) is 5.87. The molecule has 7 nitrogen and oxygen atoms in total. The van der Waals surface area contributed by atoms with Gasteiger partial charge in [0, 0.05) is 17.5 Å². The van der Waals surface area contributed by atoms with E-state index in [2.05, 4.69) is 15.8 Å². The van der Waals surface area contributed by atoms with Crippen LogP contribution in [-0.4, -0.2) is 30.5 Å². The molecule has 34 heavy (non-hydrogen) atoms. The molecule has 2 N–H and O–H groups in total. The van der Waals surface area contributed by atoms with Crippen molar-refractivity contribution in [2.24, 2.45) is 11.0 Å². The summed E-state index contributed by atoms with van der Waals surface area (Å²) in [5.41, 5.74) is 4.20. The number of nitrogens with one attached hydrogen (secondary N) is 2. The molecule has 9 heteroatoms. The third-order valence-electron chi connectivity index (χ3n) is 5.32. The van der Waals surface area contributed by atoms with Gasteiger partial charge in [0.25, 0.3) is 5.91 Å². The maximum absolute atomic E-state index is 12.6. The molecular formula is C25H19Cl2N3O4. The molecule has 0 radical (unpaired) electrons. The van der Waals surface area contributed by atoms with E-state index in [1.807, 2.05) is 30.3 Å². The molecule has 1 aliphatic rings. The van der Waals surface area contributed by atoms with Crippen molar-refractivity contribution < 1.29 is 19.1 Å². The van der Waals surface area contributed by atoms with E-state index in [1.54, 1.807) is 30.3 Å². The predicted molar refractivity (Wildman–Crippen MR) is 129 cm³/mol. The highest BCUT2D eigenvalue weighted by Gasteiger charge is 2.40. The van der Waals surface area contributed by atoms with Crippen molar-refractivity contribution in [1.29, 1.82) is 0 Å². The Balaban J connectivity index is 1.35. The molecule has 3 aromatic rings. The van der Waals surface area contributed by atoms with Crippen LogP contribution in [0.5, 0.6) is 5.75 Å². The minimum atomic E-state index is -0.860. The van der Waals surface area contributed by atoms with Crippen LogP contribution in [0.25, 0.3) is 0 Å². The highest BCUT2D eigenvalue weighted by atomic mass is 35.5. The first kappa shape index (κ1) is 23.5. The van der Waals surface area contributed by atoms with E-state index in [0.29, 0.717) is 22.9 Å². The average Bonchev–Trinajstić information content (AvgIpc) is 3.22. The molecule has 0 unspecified atom stereocenters. The SMILES string of the molecule is O=C(Oc1ccc(C=NNC(=O)[C@@H]2C(=O)NC[C@H]2c2ccccc2)cc1)c1ccc(Cl)cc1Cl. The van der Waals surface area contributed by atoms with Crippen LogP contribution < -0.4 is 15.5 Å². The minimum Gasteiger partial charge on any atom is -0.423 e. The van der Waals surface area contributed by atoms with Crippen molar-refractivity contribution in [3.05, 3.63) is 99.5 Å². The van der Waals surface area contributed by atoms with Gasteiger partial charge in [-0.2, -0.15) is 5.10 Å². The highest BCUT2D eigenvalue weighted by Crippen LogP contribution is 2.29. The topological polar surface area (TPSA) is 96.9 Å².